The van der Waals surface area contributed by atoms with Gasteiger partial charge in [-0.3, -0.25) is 4.79 Å². The fourth-order valence-electron chi connectivity index (χ4n) is 4.40. The van der Waals surface area contributed by atoms with Crippen LogP contribution in [-0.2, 0) is 9.53 Å². The highest BCUT2D eigenvalue weighted by molar-refractivity contribution is 7.98. The molecule has 0 bridgehead atoms. The SMILES string of the molecule is CCOC(=O)N1C[C@H](C(=O)c2ccc(SC)cc2)[C@@H](c2cc(C)c(OC(C)(C)C(=O)O)c(C)c2)C1. The van der Waals surface area contributed by atoms with Crippen LogP contribution in [0.15, 0.2) is 41.3 Å². The Hall–Kier alpha value is -3.00. The Labute approximate surface area is 210 Å². The van der Waals surface area contributed by atoms with Gasteiger partial charge in [-0.2, -0.15) is 0 Å². The predicted molar refractivity (Wildman–Crippen MR) is 136 cm³/mol. The fraction of sp³-hybridized carbons (Fsp3) is 0.444. The lowest BCUT2D eigenvalue weighted by molar-refractivity contribution is -0.152. The molecule has 0 spiro atoms. The Balaban J connectivity index is 1.97. The largest absolute Gasteiger partial charge is 0.478 e. The van der Waals surface area contributed by atoms with Gasteiger partial charge in [-0.15, -0.1) is 11.8 Å². The van der Waals surface area contributed by atoms with Gasteiger partial charge in [0.25, 0.3) is 0 Å². The molecule has 1 saturated heterocycles. The molecule has 7 nitrogen and oxygen atoms in total. The molecule has 1 aliphatic rings. The molecule has 1 N–H and O–H groups in total. The van der Waals surface area contributed by atoms with E-state index in [1.165, 1.54) is 13.8 Å². The van der Waals surface area contributed by atoms with Crippen molar-refractivity contribution >= 4 is 29.6 Å². The van der Waals surface area contributed by atoms with Crippen LogP contribution in [0.5, 0.6) is 5.75 Å². The second kappa shape index (κ2) is 10.7. The topological polar surface area (TPSA) is 93.1 Å². The molecule has 8 heteroatoms. The zero-order valence-corrected chi connectivity index (χ0v) is 21.9. The number of amides is 1. The molecule has 1 heterocycles. The van der Waals surface area contributed by atoms with Crippen LogP contribution in [0.25, 0.3) is 0 Å². The lowest BCUT2D eigenvalue weighted by Gasteiger charge is -2.26. The smallest absolute Gasteiger partial charge is 0.409 e. The Morgan fingerprint density at radius 3 is 2.20 bits per heavy atom. The highest BCUT2D eigenvalue weighted by Crippen LogP contribution is 2.39. The number of ketones is 1. The van der Waals surface area contributed by atoms with Crippen molar-refractivity contribution in [2.24, 2.45) is 5.92 Å². The van der Waals surface area contributed by atoms with Crippen LogP contribution < -0.4 is 4.74 Å². The summed E-state index contributed by atoms with van der Waals surface area (Å²) in [7, 11) is 0. The molecule has 1 amide bonds. The predicted octanol–water partition coefficient (Wildman–Crippen LogP) is 5.32. The summed E-state index contributed by atoms with van der Waals surface area (Å²) in [6, 6.07) is 11.4. The van der Waals surface area contributed by atoms with Gasteiger partial charge in [0.15, 0.2) is 11.4 Å². The van der Waals surface area contributed by atoms with E-state index in [-0.39, 0.29) is 24.9 Å². The van der Waals surface area contributed by atoms with E-state index in [0.717, 1.165) is 21.6 Å². The van der Waals surface area contributed by atoms with E-state index < -0.39 is 23.6 Å². The molecule has 0 unspecified atom stereocenters. The van der Waals surface area contributed by atoms with Crippen molar-refractivity contribution in [2.75, 3.05) is 26.0 Å². The van der Waals surface area contributed by atoms with Crippen molar-refractivity contribution in [1.82, 2.24) is 4.90 Å². The van der Waals surface area contributed by atoms with Crippen LogP contribution in [0.4, 0.5) is 4.79 Å². The highest BCUT2D eigenvalue weighted by Gasteiger charge is 2.41. The fourth-order valence-corrected chi connectivity index (χ4v) is 4.81. The highest BCUT2D eigenvalue weighted by atomic mass is 32.2. The quantitative estimate of drug-likeness (QED) is 0.388. The minimum atomic E-state index is -1.38. The van der Waals surface area contributed by atoms with Gasteiger partial charge < -0.3 is 19.5 Å². The summed E-state index contributed by atoms with van der Waals surface area (Å²) in [6.45, 7) is 9.39. The van der Waals surface area contributed by atoms with Crippen molar-refractivity contribution in [2.45, 2.75) is 51.0 Å². The van der Waals surface area contributed by atoms with E-state index in [0.29, 0.717) is 17.9 Å². The standard InChI is InChI=1S/C27H33NO6S/c1-7-33-26(32)28-14-21(22(15-28)23(29)18-8-10-20(35-6)11-9-18)19-12-16(2)24(17(3)13-19)34-27(4,5)25(30)31/h8-13,21-22H,7,14-15H2,1-6H3,(H,30,31)/t21-,22+/m1/s1. The first-order chi connectivity index (χ1) is 16.5. The summed E-state index contributed by atoms with van der Waals surface area (Å²) in [5, 5.41) is 9.46. The Bertz CT molecular complexity index is 1090. The van der Waals surface area contributed by atoms with Gasteiger partial charge in [0.2, 0.25) is 0 Å². The summed E-state index contributed by atoms with van der Waals surface area (Å²) in [6.07, 6.45) is 1.55. The van der Waals surface area contributed by atoms with Gasteiger partial charge in [0.05, 0.1) is 6.61 Å². The number of Topliss-reactive ketones (excluding diaryl/α,β-unsaturated/α-hetero) is 1. The van der Waals surface area contributed by atoms with Gasteiger partial charge in [-0.1, -0.05) is 24.3 Å². The first-order valence-electron chi connectivity index (χ1n) is 11.6. The molecule has 2 aromatic rings. The minimum Gasteiger partial charge on any atom is -0.478 e. The molecule has 35 heavy (non-hydrogen) atoms. The summed E-state index contributed by atoms with van der Waals surface area (Å²) >= 11 is 1.61. The third kappa shape index (κ3) is 5.81. The number of hydrogen-bond donors (Lipinski definition) is 1. The third-order valence-electron chi connectivity index (χ3n) is 6.34. The van der Waals surface area contributed by atoms with Gasteiger partial charge in [-0.05, 0) is 69.7 Å². The van der Waals surface area contributed by atoms with Crippen LogP contribution >= 0.6 is 11.8 Å². The van der Waals surface area contributed by atoms with Crippen molar-refractivity contribution in [3.8, 4) is 5.75 Å². The van der Waals surface area contributed by atoms with E-state index in [1.54, 1.807) is 23.6 Å². The molecular formula is C27H33NO6S. The first kappa shape index (κ1) is 26.6. The average molecular weight is 500 g/mol. The number of carboxylic acids is 1. The number of likely N-dealkylation sites (tertiary alicyclic amines) is 1. The number of carbonyl (C=O) groups is 3. The monoisotopic (exact) mass is 499 g/mol. The summed E-state index contributed by atoms with van der Waals surface area (Å²) in [5.41, 5.74) is 1.69. The van der Waals surface area contributed by atoms with Crippen LogP contribution in [-0.4, -0.2) is 59.4 Å². The number of hydrogen-bond acceptors (Lipinski definition) is 6. The van der Waals surface area contributed by atoms with Gasteiger partial charge in [0.1, 0.15) is 5.75 Å². The number of aryl methyl sites for hydroxylation is 2. The maximum atomic E-state index is 13.6. The number of thioether (sulfide) groups is 1. The van der Waals surface area contributed by atoms with E-state index in [2.05, 4.69) is 0 Å². The lowest BCUT2D eigenvalue weighted by atomic mass is 9.82. The lowest BCUT2D eigenvalue weighted by Crippen LogP contribution is -2.38. The number of rotatable bonds is 8. The minimum absolute atomic E-state index is 0.0166. The maximum absolute atomic E-state index is 13.6. The summed E-state index contributed by atoms with van der Waals surface area (Å²) in [5.74, 6) is -1.22. The van der Waals surface area contributed by atoms with Crippen molar-refractivity contribution in [1.29, 1.82) is 0 Å². The number of carboxylic acid groups (broad SMARTS) is 1. The maximum Gasteiger partial charge on any atom is 0.409 e. The third-order valence-corrected chi connectivity index (χ3v) is 7.08. The van der Waals surface area contributed by atoms with Gasteiger partial charge in [0, 0.05) is 35.4 Å². The Morgan fingerprint density at radius 2 is 1.69 bits per heavy atom. The van der Waals surface area contributed by atoms with Gasteiger partial charge in [-0.25, -0.2) is 9.59 Å². The summed E-state index contributed by atoms with van der Waals surface area (Å²) in [4.78, 5) is 40.3. The van der Waals surface area contributed by atoms with E-state index in [1.807, 2.05) is 56.5 Å². The molecule has 0 saturated carbocycles. The molecule has 2 aromatic carbocycles. The molecule has 3 rings (SSSR count). The van der Waals surface area contributed by atoms with Crippen molar-refractivity contribution in [3.63, 3.8) is 0 Å². The first-order valence-corrected chi connectivity index (χ1v) is 12.8. The molecule has 0 radical (unpaired) electrons. The van der Waals surface area contributed by atoms with Crippen LogP contribution in [0.2, 0.25) is 0 Å². The number of nitrogens with zero attached hydrogens (tertiary/aromatic N) is 1. The van der Waals surface area contributed by atoms with Crippen molar-refractivity contribution < 1.29 is 29.0 Å². The number of carbonyl (C=O) groups excluding carboxylic acids is 2. The van der Waals surface area contributed by atoms with E-state index in [4.69, 9.17) is 9.47 Å². The zero-order valence-electron chi connectivity index (χ0n) is 21.1. The van der Waals surface area contributed by atoms with Gasteiger partial charge >= 0.3 is 12.1 Å². The zero-order chi connectivity index (χ0) is 25.9. The second-order valence-corrected chi connectivity index (χ2v) is 10.2. The molecular weight excluding hydrogens is 466 g/mol. The summed E-state index contributed by atoms with van der Waals surface area (Å²) < 4.78 is 11.1. The van der Waals surface area contributed by atoms with Crippen LogP contribution in [0.3, 0.4) is 0 Å². The molecule has 0 aromatic heterocycles. The number of ether oxygens (including phenoxy) is 2. The van der Waals surface area contributed by atoms with Crippen LogP contribution in [0.1, 0.15) is 53.7 Å². The normalized spacial score (nSPS) is 17.8. The molecule has 0 aliphatic carbocycles. The second-order valence-electron chi connectivity index (χ2n) is 9.31. The molecule has 188 valence electrons. The molecule has 1 aliphatic heterocycles. The molecule has 1 fully saturated rings. The molecule has 2 atom stereocenters. The van der Waals surface area contributed by atoms with E-state index >= 15 is 0 Å². The van der Waals surface area contributed by atoms with E-state index in [9.17, 15) is 19.5 Å². The number of aliphatic carboxylic acids is 1. The Kier molecular flexibility index (Phi) is 8.15. The average Bonchev–Trinajstić information content (AvgIpc) is 3.26. The van der Waals surface area contributed by atoms with Crippen LogP contribution in [0, 0.1) is 19.8 Å². The van der Waals surface area contributed by atoms with Crippen molar-refractivity contribution in [3.05, 3.63) is 58.7 Å². The number of benzene rings is 2. The Morgan fingerprint density at radius 1 is 1.09 bits per heavy atom.